The first kappa shape index (κ1) is 24.0. The van der Waals surface area contributed by atoms with E-state index < -0.39 is 11.5 Å². The van der Waals surface area contributed by atoms with Crippen molar-refractivity contribution in [1.29, 1.82) is 0 Å². The van der Waals surface area contributed by atoms with Crippen LogP contribution in [0.15, 0.2) is 53.2 Å². The Balaban J connectivity index is 1.34. The maximum atomic E-state index is 13.4. The summed E-state index contributed by atoms with van der Waals surface area (Å²) in [5, 5.41) is 19.6. The third-order valence-corrected chi connectivity index (χ3v) is 7.27. The van der Waals surface area contributed by atoms with E-state index in [0.29, 0.717) is 30.1 Å². The number of fused-ring (bicyclic) bond motifs is 1. The van der Waals surface area contributed by atoms with Gasteiger partial charge in [0.25, 0.3) is 5.69 Å². The molecule has 4 heterocycles. The Labute approximate surface area is 215 Å². The minimum absolute atomic E-state index is 0.0197. The highest BCUT2D eigenvalue weighted by molar-refractivity contribution is 5.90. The number of nitrogens with zero attached hydrogens (tertiary/aromatic N) is 6. The molecule has 11 nitrogen and oxygen atoms in total. The highest BCUT2D eigenvalue weighted by Gasteiger charge is 2.50. The molecule has 2 saturated heterocycles. The van der Waals surface area contributed by atoms with Gasteiger partial charge >= 0.3 is 6.61 Å². The molecule has 2 aliphatic rings. The van der Waals surface area contributed by atoms with Crippen LogP contribution in [0.25, 0.3) is 22.4 Å². The van der Waals surface area contributed by atoms with E-state index in [4.69, 9.17) is 9.26 Å². The first-order valence-electron chi connectivity index (χ1n) is 12.0. The standard InChI is InChI=1S/C25H23F2N7O4/c1-32-10-4-8-25(32)13-33(14-25)18-12-21(37-23(26)27)17(11-19(18)34(35)36)30-24-28-9-7-16(29-24)22-15-5-2-3-6-20(15)38-31-22/h2-3,5-7,9,11-12,23H,4,8,10,13-14H2,1H3,(H,28,29,30). The van der Waals surface area contributed by atoms with Gasteiger partial charge in [-0.05, 0) is 44.6 Å². The molecule has 2 fully saturated rings. The highest BCUT2D eigenvalue weighted by atomic mass is 19.3. The lowest BCUT2D eigenvalue weighted by atomic mass is 9.86. The molecular weight excluding hydrogens is 500 g/mol. The number of benzene rings is 2. The van der Waals surface area contributed by atoms with Crippen molar-refractivity contribution in [2.45, 2.75) is 25.0 Å². The van der Waals surface area contributed by atoms with Crippen molar-refractivity contribution in [3.8, 4) is 17.1 Å². The number of hydrogen-bond acceptors (Lipinski definition) is 10. The van der Waals surface area contributed by atoms with Crippen molar-refractivity contribution in [2.75, 3.05) is 36.9 Å². The molecule has 0 atom stereocenters. The maximum Gasteiger partial charge on any atom is 0.387 e. The Hall–Kier alpha value is -4.39. The van der Waals surface area contributed by atoms with Crippen LogP contribution in [0.4, 0.5) is 31.8 Å². The van der Waals surface area contributed by atoms with Crippen LogP contribution < -0.4 is 15.0 Å². The Morgan fingerprint density at radius 1 is 1.24 bits per heavy atom. The van der Waals surface area contributed by atoms with Crippen molar-refractivity contribution >= 4 is 34.0 Å². The number of hydrogen-bond donors (Lipinski definition) is 1. The summed E-state index contributed by atoms with van der Waals surface area (Å²) in [6, 6.07) is 11.3. The number of ether oxygens (including phenoxy) is 1. The fraction of sp³-hybridized carbons (Fsp3) is 0.320. The first-order valence-corrected chi connectivity index (χ1v) is 12.0. The normalized spacial score (nSPS) is 16.8. The first-order chi connectivity index (χ1) is 18.3. The predicted octanol–water partition coefficient (Wildman–Crippen LogP) is 4.82. The van der Waals surface area contributed by atoms with Gasteiger partial charge in [-0.25, -0.2) is 9.97 Å². The molecule has 4 aromatic rings. The van der Waals surface area contributed by atoms with Gasteiger partial charge in [0.05, 0.1) is 27.2 Å². The molecule has 6 rings (SSSR count). The van der Waals surface area contributed by atoms with Gasteiger partial charge in [0.2, 0.25) is 5.95 Å². The van der Waals surface area contributed by atoms with Gasteiger partial charge in [0.15, 0.2) is 11.3 Å². The summed E-state index contributed by atoms with van der Waals surface area (Å²) >= 11 is 0. The van der Waals surface area contributed by atoms with E-state index in [1.54, 1.807) is 12.1 Å². The third kappa shape index (κ3) is 4.14. The average Bonchev–Trinajstić information content (AvgIpc) is 3.47. The zero-order valence-corrected chi connectivity index (χ0v) is 20.3. The van der Waals surface area contributed by atoms with Crippen LogP contribution >= 0.6 is 0 Å². The van der Waals surface area contributed by atoms with E-state index in [1.165, 1.54) is 18.3 Å². The van der Waals surface area contributed by atoms with Gasteiger partial charge in [0, 0.05) is 31.4 Å². The Morgan fingerprint density at radius 3 is 2.79 bits per heavy atom. The Morgan fingerprint density at radius 2 is 2.05 bits per heavy atom. The minimum atomic E-state index is -3.14. The molecule has 0 radical (unpaired) electrons. The van der Waals surface area contributed by atoms with Crippen molar-refractivity contribution in [2.24, 2.45) is 0 Å². The number of likely N-dealkylation sites (N-methyl/N-ethyl adjacent to an activating group) is 1. The van der Waals surface area contributed by atoms with Gasteiger partial charge in [-0.3, -0.25) is 15.0 Å². The molecule has 196 valence electrons. The molecule has 0 aliphatic carbocycles. The van der Waals surface area contributed by atoms with E-state index >= 15 is 0 Å². The highest BCUT2D eigenvalue weighted by Crippen LogP contribution is 2.46. The fourth-order valence-corrected chi connectivity index (χ4v) is 5.30. The Kier molecular flexibility index (Phi) is 5.79. The van der Waals surface area contributed by atoms with Crippen LogP contribution in [0.1, 0.15) is 12.8 Å². The second kappa shape index (κ2) is 9.17. The molecular formula is C25H23F2N7O4. The molecule has 38 heavy (non-hydrogen) atoms. The van der Waals surface area contributed by atoms with E-state index in [-0.39, 0.29) is 34.3 Å². The zero-order valence-electron chi connectivity index (χ0n) is 20.3. The monoisotopic (exact) mass is 523 g/mol. The largest absolute Gasteiger partial charge is 0.433 e. The topological polar surface area (TPSA) is 123 Å². The number of anilines is 3. The van der Waals surface area contributed by atoms with Gasteiger partial charge in [-0.15, -0.1) is 0 Å². The van der Waals surface area contributed by atoms with Crippen LogP contribution in [0, 0.1) is 10.1 Å². The molecule has 1 spiro atoms. The molecule has 2 aliphatic heterocycles. The van der Waals surface area contributed by atoms with Crippen molar-refractivity contribution in [3.63, 3.8) is 0 Å². The van der Waals surface area contributed by atoms with E-state index in [9.17, 15) is 18.9 Å². The lowest BCUT2D eigenvalue weighted by Crippen LogP contribution is -2.67. The molecule has 0 bridgehead atoms. The van der Waals surface area contributed by atoms with Crippen molar-refractivity contribution in [3.05, 3.63) is 58.8 Å². The predicted molar refractivity (Wildman–Crippen MR) is 135 cm³/mol. The lowest BCUT2D eigenvalue weighted by Gasteiger charge is -2.52. The summed E-state index contributed by atoms with van der Waals surface area (Å²) in [4.78, 5) is 24.1. The van der Waals surface area contributed by atoms with Gasteiger partial charge in [0.1, 0.15) is 11.4 Å². The second-order valence-corrected chi connectivity index (χ2v) is 9.50. The number of alkyl halides is 2. The smallest absolute Gasteiger partial charge is 0.387 e. The quantitative estimate of drug-likeness (QED) is 0.266. The molecule has 0 unspecified atom stereocenters. The molecule has 2 aromatic heterocycles. The van der Waals surface area contributed by atoms with Crippen molar-refractivity contribution in [1.82, 2.24) is 20.0 Å². The number of halogens is 2. The maximum absolute atomic E-state index is 13.4. The van der Waals surface area contributed by atoms with Gasteiger partial charge < -0.3 is 19.5 Å². The third-order valence-electron chi connectivity index (χ3n) is 7.27. The molecule has 13 heteroatoms. The average molecular weight is 524 g/mol. The van der Waals surface area contributed by atoms with Crippen LogP contribution in [0.3, 0.4) is 0 Å². The summed E-state index contributed by atoms with van der Waals surface area (Å²) in [5.74, 6) is -0.228. The fourth-order valence-electron chi connectivity index (χ4n) is 5.30. The van der Waals surface area contributed by atoms with Crippen LogP contribution in [0.2, 0.25) is 0 Å². The van der Waals surface area contributed by atoms with E-state index in [2.05, 4.69) is 25.3 Å². The summed E-state index contributed by atoms with van der Waals surface area (Å²) in [5.41, 5.74) is 1.35. The molecule has 1 N–H and O–H groups in total. The number of nitro groups is 1. The number of para-hydroxylation sites is 1. The summed E-state index contributed by atoms with van der Waals surface area (Å²) in [6.45, 7) is -1.03. The van der Waals surface area contributed by atoms with E-state index in [0.717, 1.165) is 24.8 Å². The summed E-state index contributed by atoms with van der Waals surface area (Å²) in [7, 11) is 2.03. The van der Waals surface area contributed by atoms with Crippen LogP contribution in [-0.2, 0) is 0 Å². The minimum Gasteiger partial charge on any atom is -0.433 e. The number of rotatable bonds is 7. The number of aromatic nitrogens is 3. The molecule has 2 aromatic carbocycles. The SMILES string of the molecule is CN1CCCC12CN(c1cc(OC(F)F)c(Nc3nccc(-c4noc5ccccc45)n3)cc1[N+](=O)[O-])C2. The lowest BCUT2D eigenvalue weighted by molar-refractivity contribution is -0.384. The zero-order chi connectivity index (χ0) is 26.4. The molecule has 0 amide bonds. The number of nitro benzene ring substituents is 1. The second-order valence-electron chi connectivity index (χ2n) is 9.50. The Bertz CT molecular complexity index is 1520. The number of likely N-dealkylation sites (tertiary alicyclic amines) is 1. The number of nitrogens with one attached hydrogen (secondary N) is 1. The van der Waals surface area contributed by atoms with Gasteiger partial charge in [-0.2, -0.15) is 8.78 Å². The van der Waals surface area contributed by atoms with Crippen molar-refractivity contribution < 1.29 is 23.0 Å². The van der Waals surface area contributed by atoms with Gasteiger partial charge in [-0.1, -0.05) is 17.3 Å². The molecule has 0 saturated carbocycles. The summed E-state index contributed by atoms with van der Waals surface area (Å²) < 4.78 is 36.8. The van der Waals surface area contributed by atoms with E-state index in [1.807, 2.05) is 30.1 Å². The van der Waals surface area contributed by atoms with Crippen LogP contribution in [0.5, 0.6) is 5.75 Å². The van der Waals surface area contributed by atoms with Crippen LogP contribution in [-0.4, -0.2) is 63.8 Å². The summed E-state index contributed by atoms with van der Waals surface area (Å²) in [6.07, 6.45) is 3.50.